The number of amides is 1. The minimum atomic E-state index is -3.57. The minimum Gasteiger partial charge on any atom is -0.497 e. The summed E-state index contributed by atoms with van der Waals surface area (Å²) in [5, 5.41) is 8.73. The van der Waals surface area contributed by atoms with E-state index >= 15 is 0 Å². The van der Waals surface area contributed by atoms with Gasteiger partial charge in [-0.25, -0.2) is 8.42 Å². The van der Waals surface area contributed by atoms with Gasteiger partial charge < -0.3 is 9.64 Å². The zero-order chi connectivity index (χ0) is 20.0. The van der Waals surface area contributed by atoms with Gasteiger partial charge in [0, 0.05) is 26.6 Å². The van der Waals surface area contributed by atoms with Crippen LogP contribution >= 0.6 is 0 Å². The Hall–Kier alpha value is -2.11. The van der Waals surface area contributed by atoms with Crippen LogP contribution < -0.4 is 4.74 Å². The summed E-state index contributed by atoms with van der Waals surface area (Å²) in [7, 11) is -0.410. The van der Waals surface area contributed by atoms with Crippen LogP contribution in [0.4, 0.5) is 0 Å². The molecule has 0 N–H and O–H groups in total. The predicted octanol–water partition coefficient (Wildman–Crippen LogP) is 2.10. The molecule has 0 unspecified atom stereocenters. The van der Waals surface area contributed by atoms with Gasteiger partial charge in [0.05, 0.1) is 18.1 Å². The fraction of sp³-hybridized carbons (Fsp3) is 0.579. The summed E-state index contributed by atoms with van der Waals surface area (Å²) in [6.45, 7) is 2.89. The average Bonchev–Trinajstić information content (AvgIpc) is 2.68. The van der Waals surface area contributed by atoms with Gasteiger partial charge in [0.25, 0.3) is 0 Å². The highest BCUT2D eigenvalue weighted by atomic mass is 32.2. The molecular weight excluding hydrogens is 366 g/mol. The number of nitriles is 1. The number of sulfonamides is 1. The third-order valence-corrected chi connectivity index (χ3v) is 7.13. The van der Waals surface area contributed by atoms with Gasteiger partial charge in [-0.3, -0.25) is 4.79 Å². The van der Waals surface area contributed by atoms with Crippen LogP contribution in [0, 0.1) is 23.2 Å². The van der Waals surface area contributed by atoms with Crippen LogP contribution in [0.2, 0.25) is 0 Å². The van der Waals surface area contributed by atoms with E-state index in [2.05, 4.69) is 0 Å². The van der Waals surface area contributed by atoms with Crippen molar-refractivity contribution >= 4 is 15.9 Å². The SMILES string of the molecule is CC[C@@H]1CN(S(=O)(=O)c2ccc(OC)cc2)CC[C@H]1CC(=O)N(C)CC#N. The lowest BCUT2D eigenvalue weighted by Crippen LogP contribution is -2.44. The van der Waals surface area contributed by atoms with Crippen molar-refractivity contribution in [3.8, 4) is 11.8 Å². The maximum atomic E-state index is 12.9. The van der Waals surface area contributed by atoms with Crippen LogP contribution in [0.3, 0.4) is 0 Å². The van der Waals surface area contributed by atoms with Crippen LogP contribution in [0.1, 0.15) is 26.2 Å². The van der Waals surface area contributed by atoms with Gasteiger partial charge in [-0.15, -0.1) is 0 Å². The number of nitrogens with zero attached hydrogens (tertiary/aromatic N) is 3. The lowest BCUT2D eigenvalue weighted by atomic mass is 9.82. The molecule has 1 aromatic carbocycles. The Balaban J connectivity index is 2.08. The Bertz CT molecular complexity index is 786. The summed E-state index contributed by atoms with van der Waals surface area (Å²) in [6, 6.07) is 8.37. The quantitative estimate of drug-likeness (QED) is 0.662. The number of carbonyl (C=O) groups excluding carboxylic acids is 1. The zero-order valence-electron chi connectivity index (χ0n) is 16.1. The number of rotatable bonds is 7. The largest absolute Gasteiger partial charge is 0.497 e. The van der Waals surface area contributed by atoms with Crippen LogP contribution in [-0.4, -0.2) is 57.3 Å². The van der Waals surface area contributed by atoms with E-state index in [-0.39, 0.29) is 29.2 Å². The maximum Gasteiger partial charge on any atom is 0.243 e. The molecule has 1 aliphatic rings. The highest BCUT2D eigenvalue weighted by Crippen LogP contribution is 2.32. The second kappa shape index (κ2) is 9.20. The standard InChI is InChI=1S/C19H27N3O4S/c1-4-15-14-22(11-9-16(15)13-19(23)21(2)12-10-20)27(24,25)18-7-5-17(26-3)6-8-18/h5-8,15-16H,4,9,11-14H2,1-3H3/t15-,16+/m1/s1. The average molecular weight is 394 g/mol. The lowest BCUT2D eigenvalue weighted by Gasteiger charge is -2.37. The van der Waals surface area contributed by atoms with Gasteiger partial charge >= 0.3 is 0 Å². The molecule has 7 nitrogen and oxygen atoms in total. The molecule has 1 saturated heterocycles. The number of methoxy groups -OCH3 is 1. The van der Waals surface area contributed by atoms with Crippen molar-refractivity contribution in [1.29, 1.82) is 5.26 Å². The summed E-state index contributed by atoms with van der Waals surface area (Å²) in [5.74, 6) is 0.794. The number of hydrogen-bond donors (Lipinski definition) is 0. The van der Waals surface area contributed by atoms with Crippen molar-refractivity contribution in [2.75, 3.05) is 33.8 Å². The van der Waals surface area contributed by atoms with E-state index in [0.29, 0.717) is 31.7 Å². The monoisotopic (exact) mass is 393 g/mol. The third-order valence-electron chi connectivity index (χ3n) is 5.25. The summed E-state index contributed by atoms with van der Waals surface area (Å²) in [5.41, 5.74) is 0. The highest BCUT2D eigenvalue weighted by Gasteiger charge is 2.35. The molecule has 0 spiro atoms. The van der Waals surface area contributed by atoms with Gasteiger partial charge in [-0.1, -0.05) is 13.3 Å². The molecule has 1 amide bonds. The van der Waals surface area contributed by atoms with Crippen molar-refractivity contribution in [3.05, 3.63) is 24.3 Å². The van der Waals surface area contributed by atoms with Gasteiger partial charge in [-0.2, -0.15) is 9.57 Å². The van der Waals surface area contributed by atoms with Crippen LogP contribution in [0.15, 0.2) is 29.2 Å². The highest BCUT2D eigenvalue weighted by molar-refractivity contribution is 7.89. The van der Waals surface area contributed by atoms with E-state index < -0.39 is 10.0 Å². The van der Waals surface area contributed by atoms with Crippen molar-refractivity contribution in [3.63, 3.8) is 0 Å². The number of piperidine rings is 1. The first-order valence-electron chi connectivity index (χ1n) is 9.08. The Morgan fingerprint density at radius 1 is 1.33 bits per heavy atom. The van der Waals surface area contributed by atoms with Gasteiger partial charge in [0.2, 0.25) is 15.9 Å². The molecule has 0 bridgehead atoms. The molecule has 8 heteroatoms. The molecule has 2 rings (SSSR count). The number of benzene rings is 1. The second-order valence-corrected chi connectivity index (χ2v) is 8.81. The molecule has 0 aromatic heterocycles. The molecular formula is C19H27N3O4S. The Labute approximate surface area is 161 Å². The summed E-state index contributed by atoms with van der Waals surface area (Å²) in [4.78, 5) is 13.9. The topological polar surface area (TPSA) is 90.7 Å². The summed E-state index contributed by atoms with van der Waals surface area (Å²) in [6.07, 6.45) is 1.79. The number of ether oxygens (including phenoxy) is 1. The van der Waals surface area contributed by atoms with E-state index in [1.54, 1.807) is 31.3 Å². The molecule has 27 heavy (non-hydrogen) atoms. The maximum absolute atomic E-state index is 12.9. The fourth-order valence-electron chi connectivity index (χ4n) is 3.47. The smallest absolute Gasteiger partial charge is 0.243 e. The van der Waals surface area contributed by atoms with Gasteiger partial charge in [0.1, 0.15) is 12.3 Å². The number of hydrogen-bond acceptors (Lipinski definition) is 5. The van der Waals surface area contributed by atoms with Crippen LogP contribution in [0.5, 0.6) is 5.75 Å². The molecule has 1 heterocycles. The molecule has 1 aromatic rings. The van der Waals surface area contributed by atoms with Gasteiger partial charge in [0.15, 0.2) is 0 Å². The van der Waals surface area contributed by atoms with Crippen molar-refractivity contribution in [2.45, 2.75) is 31.1 Å². The summed E-state index contributed by atoms with van der Waals surface area (Å²) >= 11 is 0. The predicted molar refractivity (Wildman–Crippen MR) is 102 cm³/mol. The minimum absolute atomic E-state index is 0.0635. The van der Waals surface area contributed by atoms with Crippen molar-refractivity contribution < 1.29 is 17.9 Å². The molecule has 0 radical (unpaired) electrons. The third kappa shape index (κ3) is 4.99. The first-order chi connectivity index (χ1) is 12.8. The first-order valence-corrected chi connectivity index (χ1v) is 10.5. The lowest BCUT2D eigenvalue weighted by molar-refractivity contribution is -0.131. The fourth-order valence-corrected chi connectivity index (χ4v) is 4.98. The van der Waals surface area contributed by atoms with E-state index in [1.165, 1.54) is 16.3 Å². The Morgan fingerprint density at radius 2 is 2.00 bits per heavy atom. The molecule has 148 valence electrons. The summed E-state index contributed by atoms with van der Waals surface area (Å²) < 4.78 is 32.5. The molecule has 1 aliphatic heterocycles. The second-order valence-electron chi connectivity index (χ2n) is 6.87. The molecule has 1 fully saturated rings. The van der Waals surface area contributed by atoms with E-state index in [9.17, 15) is 13.2 Å². The van der Waals surface area contributed by atoms with E-state index in [1.807, 2.05) is 13.0 Å². The zero-order valence-corrected chi connectivity index (χ0v) is 16.9. The van der Waals surface area contributed by atoms with Crippen LogP contribution in [-0.2, 0) is 14.8 Å². The molecule has 0 aliphatic carbocycles. The Kier molecular flexibility index (Phi) is 7.22. The number of carbonyl (C=O) groups is 1. The molecule has 0 saturated carbocycles. The van der Waals surface area contributed by atoms with Gasteiger partial charge in [-0.05, 0) is 42.5 Å². The van der Waals surface area contributed by atoms with E-state index in [4.69, 9.17) is 10.00 Å². The van der Waals surface area contributed by atoms with Crippen molar-refractivity contribution in [1.82, 2.24) is 9.21 Å². The van der Waals surface area contributed by atoms with Crippen molar-refractivity contribution in [2.24, 2.45) is 11.8 Å². The first kappa shape index (κ1) is 21.2. The normalized spacial score (nSPS) is 20.7. The van der Waals surface area contributed by atoms with Crippen LogP contribution in [0.25, 0.3) is 0 Å². The Morgan fingerprint density at radius 3 is 2.56 bits per heavy atom. The van der Waals surface area contributed by atoms with E-state index in [0.717, 1.165) is 6.42 Å². The molecule has 2 atom stereocenters.